The molecule has 0 aliphatic carbocycles. The minimum atomic E-state index is -0.921. The summed E-state index contributed by atoms with van der Waals surface area (Å²) >= 11 is 0. The van der Waals surface area contributed by atoms with Crippen molar-refractivity contribution in [3.8, 4) is 0 Å². The van der Waals surface area contributed by atoms with Gasteiger partial charge in [0, 0.05) is 30.9 Å². The zero-order valence-electron chi connectivity index (χ0n) is 13.0. The summed E-state index contributed by atoms with van der Waals surface area (Å²) in [5.74, 6) is 0.316. The smallest absolute Gasteiger partial charge is 0.335 e. The number of hydrogen-bond donors (Lipinski definition) is 2. The van der Waals surface area contributed by atoms with E-state index in [-0.39, 0.29) is 11.0 Å². The lowest BCUT2D eigenvalue weighted by molar-refractivity contribution is 0.0696. The molecule has 2 heterocycles. The molecular weight excluding hydrogens is 268 g/mol. The molecule has 1 aliphatic heterocycles. The molecule has 0 amide bonds. The number of nitrogens with one attached hydrogen (secondary N) is 1. The molecule has 21 heavy (non-hydrogen) atoms. The molecule has 0 spiro atoms. The fraction of sp³-hybridized carbons (Fsp3) is 0.625. The first-order valence-corrected chi connectivity index (χ1v) is 7.44. The van der Waals surface area contributed by atoms with Crippen molar-refractivity contribution in [3.05, 3.63) is 23.4 Å². The lowest BCUT2D eigenvalue weighted by atomic mass is 9.91. The maximum absolute atomic E-state index is 11.2. The van der Waals surface area contributed by atoms with Crippen LogP contribution in [0.4, 0.5) is 5.82 Å². The first kappa shape index (κ1) is 15.8. The minimum absolute atomic E-state index is 0.179. The van der Waals surface area contributed by atoms with Gasteiger partial charge in [-0.1, -0.05) is 20.8 Å². The molecule has 1 unspecified atom stereocenters. The van der Waals surface area contributed by atoms with E-state index in [0.29, 0.717) is 11.7 Å². The zero-order valence-corrected chi connectivity index (χ0v) is 13.0. The molecule has 1 atom stereocenters. The molecule has 0 bridgehead atoms. The Morgan fingerprint density at radius 1 is 1.48 bits per heavy atom. The van der Waals surface area contributed by atoms with Gasteiger partial charge < -0.3 is 15.2 Å². The highest BCUT2D eigenvalue weighted by atomic mass is 16.5. The van der Waals surface area contributed by atoms with Gasteiger partial charge in [-0.05, 0) is 30.9 Å². The maximum Gasteiger partial charge on any atom is 0.335 e. The van der Waals surface area contributed by atoms with E-state index in [0.717, 1.165) is 38.3 Å². The second kappa shape index (κ2) is 6.43. The van der Waals surface area contributed by atoms with Crippen molar-refractivity contribution >= 4 is 11.8 Å². The summed E-state index contributed by atoms with van der Waals surface area (Å²) in [6.45, 7) is 8.55. The molecular formula is C16H24N2O3. The van der Waals surface area contributed by atoms with Gasteiger partial charge in [-0.25, -0.2) is 9.78 Å². The van der Waals surface area contributed by atoms with E-state index in [4.69, 9.17) is 4.74 Å². The molecule has 5 heteroatoms. The number of carboxylic acid groups (broad SMARTS) is 1. The highest BCUT2D eigenvalue weighted by Gasteiger charge is 2.19. The van der Waals surface area contributed by atoms with Crippen LogP contribution in [0.15, 0.2) is 12.1 Å². The fourth-order valence-corrected chi connectivity index (χ4v) is 2.34. The summed E-state index contributed by atoms with van der Waals surface area (Å²) in [6, 6.07) is 3.25. The highest BCUT2D eigenvalue weighted by Crippen LogP contribution is 2.24. The van der Waals surface area contributed by atoms with Crippen LogP contribution in [0.1, 0.15) is 49.7 Å². The molecule has 0 saturated carbocycles. The van der Waals surface area contributed by atoms with Crippen molar-refractivity contribution in [2.24, 2.45) is 5.92 Å². The third-order valence-corrected chi connectivity index (χ3v) is 3.72. The molecule has 0 radical (unpaired) electrons. The van der Waals surface area contributed by atoms with E-state index >= 15 is 0 Å². The topological polar surface area (TPSA) is 71.5 Å². The van der Waals surface area contributed by atoms with Gasteiger partial charge >= 0.3 is 5.97 Å². The van der Waals surface area contributed by atoms with Crippen molar-refractivity contribution in [1.82, 2.24) is 4.98 Å². The third-order valence-electron chi connectivity index (χ3n) is 3.72. The van der Waals surface area contributed by atoms with Crippen LogP contribution >= 0.6 is 0 Å². The molecule has 2 N–H and O–H groups in total. The Balaban J connectivity index is 2.06. The molecule has 1 aliphatic rings. The van der Waals surface area contributed by atoms with Crippen molar-refractivity contribution in [3.63, 3.8) is 0 Å². The number of pyridine rings is 1. The van der Waals surface area contributed by atoms with Crippen molar-refractivity contribution in [2.45, 2.75) is 39.0 Å². The zero-order chi connectivity index (χ0) is 15.5. The summed E-state index contributed by atoms with van der Waals surface area (Å²) in [5.41, 5.74) is 0.886. The largest absolute Gasteiger partial charge is 0.478 e. The second-order valence-corrected chi connectivity index (χ2v) is 6.63. The van der Waals surface area contributed by atoms with Gasteiger partial charge in [0.05, 0.1) is 5.56 Å². The van der Waals surface area contributed by atoms with Gasteiger partial charge in [0.2, 0.25) is 0 Å². The van der Waals surface area contributed by atoms with Gasteiger partial charge in [0.1, 0.15) is 5.82 Å². The monoisotopic (exact) mass is 292 g/mol. The number of carboxylic acids is 1. The number of ether oxygens (including phenoxy) is 1. The molecule has 0 aromatic carbocycles. The Hall–Kier alpha value is -1.62. The summed E-state index contributed by atoms with van der Waals surface area (Å²) in [5, 5.41) is 12.5. The molecule has 1 aromatic heterocycles. The quantitative estimate of drug-likeness (QED) is 0.873. The Labute approximate surface area is 125 Å². The van der Waals surface area contributed by atoms with Crippen molar-refractivity contribution < 1.29 is 14.6 Å². The Morgan fingerprint density at radius 3 is 2.81 bits per heavy atom. The van der Waals surface area contributed by atoms with E-state index in [1.54, 1.807) is 12.1 Å². The van der Waals surface area contributed by atoms with Crippen LogP contribution in [0.5, 0.6) is 0 Å². The Kier molecular flexibility index (Phi) is 4.83. The van der Waals surface area contributed by atoms with Gasteiger partial charge in [0.25, 0.3) is 0 Å². The molecule has 1 saturated heterocycles. The molecule has 1 fully saturated rings. The van der Waals surface area contributed by atoms with Crippen LogP contribution in [0.2, 0.25) is 0 Å². The normalized spacial score (nSPS) is 18.7. The second-order valence-electron chi connectivity index (χ2n) is 6.63. The minimum Gasteiger partial charge on any atom is -0.478 e. The number of aromatic carboxylic acids is 1. The first-order chi connectivity index (χ1) is 9.86. The van der Waals surface area contributed by atoms with Crippen LogP contribution in [-0.2, 0) is 10.2 Å². The van der Waals surface area contributed by atoms with Crippen LogP contribution in [0.3, 0.4) is 0 Å². The van der Waals surface area contributed by atoms with Gasteiger partial charge in [-0.3, -0.25) is 0 Å². The number of carbonyl (C=O) groups is 1. The first-order valence-electron chi connectivity index (χ1n) is 7.44. The summed E-state index contributed by atoms with van der Waals surface area (Å²) < 4.78 is 5.35. The van der Waals surface area contributed by atoms with Crippen molar-refractivity contribution in [2.75, 3.05) is 25.1 Å². The lowest BCUT2D eigenvalue weighted by Gasteiger charge is -2.20. The predicted octanol–water partition coefficient (Wildman–Crippen LogP) is 2.92. The van der Waals surface area contributed by atoms with Crippen LogP contribution in [0.25, 0.3) is 0 Å². The number of aromatic nitrogens is 1. The van der Waals surface area contributed by atoms with Gasteiger partial charge in [0.15, 0.2) is 0 Å². The number of anilines is 1. The van der Waals surface area contributed by atoms with E-state index in [9.17, 15) is 9.90 Å². The number of nitrogens with zero attached hydrogens (tertiary/aromatic N) is 1. The van der Waals surface area contributed by atoms with Crippen LogP contribution in [-0.4, -0.2) is 35.8 Å². The SMILES string of the molecule is CC(C)(C)c1cc(C(=O)O)cc(NCCC2CCOC2)n1. The fourth-order valence-electron chi connectivity index (χ4n) is 2.34. The molecule has 116 valence electrons. The molecule has 5 nitrogen and oxygen atoms in total. The summed E-state index contributed by atoms with van der Waals surface area (Å²) in [7, 11) is 0. The predicted molar refractivity (Wildman–Crippen MR) is 81.9 cm³/mol. The maximum atomic E-state index is 11.2. The van der Waals surface area contributed by atoms with Crippen molar-refractivity contribution in [1.29, 1.82) is 0 Å². The third kappa shape index (κ3) is 4.43. The lowest BCUT2D eigenvalue weighted by Crippen LogP contribution is -2.17. The highest BCUT2D eigenvalue weighted by molar-refractivity contribution is 5.88. The van der Waals surface area contributed by atoms with Gasteiger partial charge in [-0.2, -0.15) is 0 Å². The Bertz CT molecular complexity index is 503. The van der Waals surface area contributed by atoms with E-state index in [1.165, 1.54) is 0 Å². The van der Waals surface area contributed by atoms with Crippen LogP contribution in [0, 0.1) is 5.92 Å². The number of rotatable bonds is 5. The van der Waals surface area contributed by atoms with E-state index in [1.807, 2.05) is 20.8 Å². The standard InChI is InChI=1S/C16H24N2O3/c1-16(2,3)13-8-12(15(19)20)9-14(18-13)17-6-4-11-5-7-21-10-11/h8-9,11H,4-7,10H2,1-3H3,(H,17,18)(H,19,20). The van der Waals surface area contributed by atoms with Gasteiger partial charge in [-0.15, -0.1) is 0 Å². The average Bonchev–Trinajstić information content (AvgIpc) is 2.90. The molecule has 1 aromatic rings. The van der Waals surface area contributed by atoms with E-state index < -0.39 is 5.97 Å². The Morgan fingerprint density at radius 2 is 2.24 bits per heavy atom. The summed E-state index contributed by atoms with van der Waals surface area (Å²) in [4.78, 5) is 15.8. The summed E-state index contributed by atoms with van der Waals surface area (Å²) in [6.07, 6.45) is 2.13. The number of hydrogen-bond acceptors (Lipinski definition) is 4. The van der Waals surface area contributed by atoms with E-state index in [2.05, 4.69) is 10.3 Å². The van der Waals surface area contributed by atoms with Crippen LogP contribution < -0.4 is 5.32 Å². The average molecular weight is 292 g/mol. The molecule has 2 rings (SSSR count).